The Bertz CT molecular complexity index is 1100. The molecule has 0 saturated heterocycles. The Balaban J connectivity index is 1.88. The zero-order chi connectivity index (χ0) is 17.5. The van der Waals surface area contributed by atoms with Crippen molar-refractivity contribution in [3.05, 3.63) is 72.1 Å². The fourth-order valence-corrected chi connectivity index (χ4v) is 4.18. The molecule has 0 fully saturated rings. The summed E-state index contributed by atoms with van der Waals surface area (Å²) in [4.78, 5) is 11.9. The number of hydrogen-bond acceptors (Lipinski definition) is 3. The quantitative estimate of drug-likeness (QED) is 0.490. The van der Waals surface area contributed by atoms with E-state index in [4.69, 9.17) is 4.98 Å². The van der Waals surface area contributed by atoms with Gasteiger partial charge >= 0.3 is 0 Å². The first-order chi connectivity index (χ1) is 12.8. The maximum absolute atomic E-state index is 5.11. The normalized spacial score (nSPS) is 14.7. The van der Waals surface area contributed by atoms with E-state index in [-0.39, 0.29) is 0 Å². The molecular formula is C23H21N3. The van der Waals surface area contributed by atoms with Crippen molar-refractivity contribution in [1.29, 1.82) is 0 Å². The lowest BCUT2D eigenvalue weighted by atomic mass is 9.90. The molecule has 5 rings (SSSR count). The van der Waals surface area contributed by atoms with E-state index in [1.54, 1.807) is 0 Å². The second kappa shape index (κ2) is 6.19. The minimum atomic E-state index is 0.961. The summed E-state index contributed by atoms with van der Waals surface area (Å²) in [5.74, 6) is 0. The van der Waals surface area contributed by atoms with E-state index in [0.29, 0.717) is 0 Å². The molecule has 0 bridgehead atoms. The minimum absolute atomic E-state index is 0.961. The third-order valence-corrected chi connectivity index (χ3v) is 5.53. The fourth-order valence-electron chi connectivity index (χ4n) is 4.18. The molecule has 1 aliphatic rings. The van der Waals surface area contributed by atoms with Gasteiger partial charge in [-0.1, -0.05) is 37.3 Å². The van der Waals surface area contributed by atoms with Crippen LogP contribution in [0, 0.1) is 0 Å². The molecule has 26 heavy (non-hydrogen) atoms. The van der Waals surface area contributed by atoms with Crippen LogP contribution in [0.1, 0.15) is 18.1 Å². The molecule has 0 radical (unpaired) electrons. The topological polar surface area (TPSA) is 29.0 Å². The fraction of sp³-hybridized carbons (Fsp3) is 0.217. The molecular weight excluding hydrogens is 318 g/mol. The summed E-state index contributed by atoms with van der Waals surface area (Å²) < 4.78 is 0. The first kappa shape index (κ1) is 15.5. The molecule has 4 aromatic rings. The summed E-state index contributed by atoms with van der Waals surface area (Å²) in [5.41, 5.74) is 6.13. The predicted molar refractivity (Wildman–Crippen MR) is 107 cm³/mol. The highest BCUT2D eigenvalue weighted by atomic mass is 15.1. The van der Waals surface area contributed by atoms with Gasteiger partial charge in [0.2, 0.25) is 0 Å². The van der Waals surface area contributed by atoms with E-state index in [1.807, 2.05) is 18.5 Å². The molecule has 2 aromatic heterocycles. The van der Waals surface area contributed by atoms with Gasteiger partial charge in [0.25, 0.3) is 0 Å². The Morgan fingerprint density at radius 2 is 1.92 bits per heavy atom. The van der Waals surface area contributed by atoms with Gasteiger partial charge in [0.05, 0.1) is 11.2 Å². The summed E-state index contributed by atoms with van der Waals surface area (Å²) in [6.45, 7) is 5.37. The van der Waals surface area contributed by atoms with Gasteiger partial charge in [-0.2, -0.15) is 0 Å². The van der Waals surface area contributed by atoms with Gasteiger partial charge in [-0.3, -0.25) is 9.88 Å². The highest BCUT2D eigenvalue weighted by molar-refractivity contribution is 6.09. The monoisotopic (exact) mass is 339 g/mol. The van der Waals surface area contributed by atoms with Crippen LogP contribution >= 0.6 is 0 Å². The van der Waals surface area contributed by atoms with Crippen molar-refractivity contribution in [2.24, 2.45) is 0 Å². The number of nitrogens with zero attached hydrogens (tertiary/aromatic N) is 3. The van der Waals surface area contributed by atoms with Crippen molar-refractivity contribution in [2.45, 2.75) is 19.9 Å². The third-order valence-electron chi connectivity index (χ3n) is 5.53. The summed E-state index contributed by atoms with van der Waals surface area (Å²) in [6, 6.07) is 17.1. The van der Waals surface area contributed by atoms with Gasteiger partial charge < -0.3 is 0 Å². The van der Waals surface area contributed by atoms with Crippen LogP contribution in [0.5, 0.6) is 0 Å². The van der Waals surface area contributed by atoms with Crippen LogP contribution in [0.15, 0.2) is 60.9 Å². The first-order valence-corrected chi connectivity index (χ1v) is 9.31. The van der Waals surface area contributed by atoms with Crippen molar-refractivity contribution >= 4 is 21.7 Å². The lowest BCUT2D eigenvalue weighted by molar-refractivity contribution is 0.269. The number of pyridine rings is 2. The SMILES string of the molecule is CCN1CCc2c(c(-c3cccnc3)nc3ccc4ccccc4c23)C1. The molecule has 2 aromatic carbocycles. The summed E-state index contributed by atoms with van der Waals surface area (Å²) in [6.07, 6.45) is 4.83. The number of benzene rings is 2. The third kappa shape index (κ3) is 2.39. The zero-order valence-corrected chi connectivity index (χ0v) is 14.9. The number of hydrogen-bond donors (Lipinski definition) is 0. The van der Waals surface area contributed by atoms with Crippen LogP contribution in [0.25, 0.3) is 32.9 Å². The van der Waals surface area contributed by atoms with Gasteiger partial charge in [0, 0.05) is 36.4 Å². The van der Waals surface area contributed by atoms with Crippen LogP contribution in [0.3, 0.4) is 0 Å². The van der Waals surface area contributed by atoms with Gasteiger partial charge in [-0.15, -0.1) is 0 Å². The van der Waals surface area contributed by atoms with Crippen molar-refractivity contribution in [2.75, 3.05) is 13.1 Å². The summed E-state index contributed by atoms with van der Waals surface area (Å²) >= 11 is 0. The molecule has 3 nitrogen and oxygen atoms in total. The average molecular weight is 339 g/mol. The van der Waals surface area contributed by atoms with Crippen LogP contribution in [0.4, 0.5) is 0 Å². The van der Waals surface area contributed by atoms with Crippen molar-refractivity contribution in [3.8, 4) is 11.3 Å². The molecule has 3 heterocycles. The number of likely N-dealkylation sites (N-methyl/N-ethyl adjacent to an activating group) is 1. The van der Waals surface area contributed by atoms with Crippen molar-refractivity contribution in [1.82, 2.24) is 14.9 Å². The zero-order valence-electron chi connectivity index (χ0n) is 14.9. The Kier molecular flexibility index (Phi) is 3.68. The van der Waals surface area contributed by atoms with E-state index in [1.165, 1.54) is 27.3 Å². The van der Waals surface area contributed by atoms with Gasteiger partial charge in [0.15, 0.2) is 0 Å². The molecule has 0 amide bonds. The largest absolute Gasteiger partial charge is 0.299 e. The number of rotatable bonds is 2. The van der Waals surface area contributed by atoms with E-state index in [2.05, 4.69) is 59.3 Å². The second-order valence-electron chi connectivity index (χ2n) is 6.96. The summed E-state index contributed by atoms with van der Waals surface area (Å²) in [7, 11) is 0. The lowest BCUT2D eigenvalue weighted by Crippen LogP contribution is -2.31. The molecule has 0 saturated carbocycles. The molecule has 0 unspecified atom stereocenters. The van der Waals surface area contributed by atoms with Crippen molar-refractivity contribution in [3.63, 3.8) is 0 Å². The van der Waals surface area contributed by atoms with E-state index >= 15 is 0 Å². The highest BCUT2D eigenvalue weighted by Gasteiger charge is 2.23. The molecule has 128 valence electrons. The molecule has 0 spiro atoms. The molecule has 3 heteroatoms. The van der Waals surface area contributed by atoms with Crippen molar-refractivity contribution < 1.29 is 0 Å². The average Bonchev–Trinajstić information content (AvgIpc) is 2.73. The maximum atomic E-state index is 5.11. The summed E-state index contributed by atoms with van der Waals surface area (Å²) in [5, 5.41) is 3.94. The molecule has 0 N–H and O–H groups in total. The Hall–Kier alpha value is -2.78. The van der Waals surface area contributed by atoms with Crippen LogP contribution in [-0.2, 0) is 13.0 Å². The van der Waals surface area contributed by atoms with Gasteiger partial charge in [0.1, 0.15) is 0 Å². The Morgan fingerprint density at radius 1 is 1.00 bits per heavy atom. The standard InChI is InChI=1S/C23H21N3/c1-2-26-13-11-19-20(15-26)23(17-7-5-12-24-14-17)25-21-10-9-16-6-3-4-8-18(16)22(19)21/h3-10,12,14H,2,11,13,15H2,1H3. The highest BCUT2D eigenvalue weighted by Crippen LogP contribution is 2.36. The van der Waals surface area contributed by atoms with Crippen LogP contribution in [0.2, 0.25) is 0 Å². The lowest BCUT2D eigenvalue weighted by Gasteiger charge is -2.30. The predicted octanol–water partition coefficient (Wildman–Crippen LogP) is 4.83. The number of fused-ring (bicyclic) bond motifs is 5. The van der Waals surface area contributed by atoms with E-state index in [9.17, 15) is 0 Å². The van der Waals surface area contributed by atoms with Gasteiger partial charge in [-0.25, -0.2) is 4.98 Å². The number of aromatic nitrogens is 2. The molecule has 0 aliphatic carbocycles. The Labute approximate surface area is 153 Å². The minimum Gasteiger partial charge on any atom is -0.299 e. The van der Waals surface area contributed by atoms with Crippen LogP contribution in [-0.4, -0.2) is 28.0 Å². The Morgan fingerprint density at radius 3 is 2.77 bits per heavy atom. The van der Waals surface area contributed by atoms with E-state index in [0.717, 1.165) is 42.8 Å². The molecule has 1 aliphatic heterocycles. The molecule has 0 atom stereocenters. The maximum Gasteiger partial charge on any atom is 0.0772 e. The first-order valence-electron chi connectivity index (χ1n) is 9.31. The second-order valence-corrected chi connectivity index (χ2v) is 6.96. The van der Waals surface area contributed by atoms with E-state index < -0.39 is 0 Å². The van der Waals surface area contributed by atoms with Gasteiger partial charge in [-0.05, 0) is 53.1 Å². The smallest absolute Gasteiger partial charge is 0.0772 e. The van der Waals surface area contributed by atoms with Crippen LogP contribution < -0.4 is 0 Å².